The first-order chi connectivity index (χ1) is 17.4. The Kier molecular flexibility index (Phi) is 7.73. The minimum absolute atomic E-state index is 0.0808. The van der Waals surface area contributed by atoms with Crippen molar-refractivity contribution in [3.63, 3.8) is 0 Å². The molecule has 3 N–H and O–H groups in total. The molecule has 0 unspecified atom stereocenters. The average molecular weight is 540 g/mol. The van der Waals surface area contributed by atoms with E-state index in [4.69, 9.17) is 5.14 Å². The van der Waals surface area contributed by atoms with Crippen LogP contribution in [0.5, 0.6) is 0 Å². The van der Waals surface area contributed by atoms with Gasteiger partial charge in [0.15, 0.2) is 0 Å². The minimum atomic E-state index is -4.42. The Morgan fingerprint density at radius 3 is 2.59 bits per heavy atom. The van der Waals surface area contributed by atoms with Gasteiger partial charge >= 0.3 is 16.5 Å². The molecule has 0 amide bonds. The molecule has 0 saturated heterocycles. The van der Waals surface area contributed by atoms with Gasteiger partial charge in [0, 0.05) is 18.3 Å². The Morgan fingerprint density at radius 2 is 1.92 bits per heavy atom. The summed E-state index contributed by atoms with van der Waals surface area (Å²) in [6, 6.07) is 6.19. The van der Waals surface area contributed by atoms with Crippen LogP contribution in [0.1, 0.15) is 45.7 Å². The van der Waals surface area contributed by atoms with Crippen molar-refractivity contribution in [2.75, 3.05) is 6.61 Å². The number of hydrogen-bond acceptors (Lipinski definition) is 8. The first-order valence-corrected chi connectivity index (χ1v) is 12.7. The summed E-state index contributed by atoms with van der Waals surface area (Å²) < 4.78 is 66.5. The maximum absolute atomic E-state index is 13.2. The number of ketones is 1. The van der Waals surface area contributed by atoms with E-state index in [-0.39, 0.29) is 30.3 Å². The minimum Gasteiger partial charge on any atom is -0.393 e. The lowest BCUT2D eigenvalue weighted by Crippen LogP contribution is -2.24. The number of rotatable bonds is 9. The van der Waals surface area contributed by atoms with Gasteiger partial charge in [-0.05, 0) is 48.9 Å². The van der Waals surface area contributed by atoms with E-state index in [1.165, 1.54) is 35.4 Å². The Labute approximate surface area is 210 Å². The van der Waals surface area contributed by atoms with E-state index in [9.17, 15) is 31.5 Å². The summed E-state index contributed by atoms with van der Waals surface area (Å²) in [4.78, 5) is 21.4. The molecule has 2 aromatic heterocycles. The van der Waals surface area contributed by atoms with Gasteiger partial charge < -0.3 is 5.11 Å². The number of carbonyl (C=O) groups is 1. The van der Waals surface area contributed by atoms with E-state index in [0.717, 1.165) is 12.1 Å². The van der Waals surface area contributed by atoms with E-state index in [0.29, 0.717) is 30.5 Å². The lowest BCUT2D eigenvalue weighted by Gasteiger charge is -2.13. The highest BCUT2D eigenvalue weighted by molar-refractivity contribution is 7.84. The highest BCUT2D eigenvalue weighted by Gasteiger charge is 2.35. The zero-order valence-corrected chi connectivity index (χ0v) is 20.2. The molecule has 0 bridgehead atoms. The van der Waals surface area contributed by atoms with E-state index in [2.05, 4.69) is 19.2 Å². The fourth-order valence-corrected chi connectivity index (χ4v) is 4.78. The fraction of sp³-hybridized carbons (Fsp3) is 0.391. The van der Waals surface area contributed by atoms with Crippen molar-refractivity contribution >= 4 is 16.1 Å². The number of aliphatic hydroxyl groups excluding tert-OH is 1. The van der Waals surface area contributed by atoms with Crippen LogP contribution in [0.2, 0.25) is 0 Å². The molecule has 4 rings (SSSR count). The predicted molar refractivity (Wildman–Crippen MR) is 123 cm³/mol. The van der Waals surface area contributed by atoms with Crippen LogP contribution < -0.4 is 5.14 Å². The Bertz CT molecular complexity index is 1360. The quantitative estimate of drug-likeness (QED) is 0.393. The SMILES string of the molecule is NS(=O)(=O)OC[C@H]1C[C@@H](Cc2ncncc2C(=O)c2ccn(Cc3ccc(C(F)(F)F)cc3)n2)C[C@@H]1O. The number of nitrogens with zero attached hydrogens (tertiary/aromatic N) is 4. The van der Waals surface area contributed by atoms with Crippen molar-refractivity contribution in [2.24, 2.45) is 17.0 Å². The van der Waals surface area contributed by atoms with Crippen molar-refractivity contribution in [3.8, 4) is 0 Å². The topological polar surface area (TPSA) is 150 Å². The standard InChI is InChI=1S/C23H24F3N5O5S/c24-23(25,26)17-3-1-14(2-4-17)11-31-6-5-19(30-31)22(33)18-10-28-13-29-20(18)8-15-7-16(21(32)9-15)12-36-37(27,34)35/h1-6,10,13,15-16,21,32H,7-9,11-12H2,(H2,27,34,35)/t15-,16+,21-/m0/s1. The number of hydrogen-bond donors (Lipinski definition) is 2. The summed E-state index contributed by atoms with van der Waals surface area (Å²) in [7, 11) is -4.12. The van der Waals surface area contributed by atoms with Crippen LogP contribution in [0, 0.1) is 11.8 Å². The van der Waals surface area contributed by atoms with Crippen molar-refractivity contribution in [1.29, 1.82) is 0 Å². The fourth-order valence-electron chi connectivity index (χ4n) is 4.42. The maximum Gasteiger partial charge on any atom is 0.416 e. The molecule has 2 heterocycles. The molecule has 1 aliphatic carbocycles. The second-order valence-electron chi connectivity index (χ2n) is 8.95. The summed E-state index contributed by atoms with van der Waals surface area (Å²) in [6.45, 7) is -0.0616. The number of nitrogens with two attached hydrogens (primary N) is 1. The summed E-state index contributed by atoms with van der Waals surface area (Å²) >= 11 is 0. The number of carbonyl (C=O) groups excluding carboxylic acids is 1. The third-order valence-corrected chi connectivity index (χ3v) is 6.69. The third-order valence-electron chi connectivity index (χ3n) is 6.22. The van der Waals surface area contributed by atoms with Crippen LogP contribution in [0.25, 0.3) is 0 Å². The second kappa shape index (κ2) is 10.7. The molecule has 198 valence electrons. The van der Waals surface area contributed by atoms with Crippen molar-refractivity contribution < 1.29 is 35.7 Å². The third kappa shape index (κ3) is 6.97. The zero-order valence-electron chi connectivity index (χ0n) is 19.4. The first kappa shape index (κ1) is 26.9. The van der Waals surface area contributed by atoms with Gasteiger partial charge in [0.1, 0.15) is 12.0 Å². The lowest BCUT2D eigenvalue weighted by atomic mass is 9.96. The summed E-state index contributed by atoms with van der Waals surface area (Å²) in [5.41, 5.74) is 0.652. The molecule has 3 aromatic rings. The molecule has 1 saturated carbocycles. The second-order valence-corrected chi connectivity index (χ2v) is 10.2. The number of benzene rings is 1. The van der Waals surface area contributed by atoms with Crippen LogP contribution in [0.15, 0.2) is 49.1 Å². The molecule has 14 heteroatoms. The van der Waals surface area contributed by atoms with Crippen molar-refractivity contribution in [3.05, 3.63) is 77.1 Å². The molecule has 3 atom stereocenters. The van der Waals surface area contributed by atoms with E-state index >= 15 is 0 Å². The molecule has 1 aliphatic rings. The highest BCUT2D eigenvalue weighted by Crippen LogP contribution is 2.34. The molecule has 37 heavy (non-hydrogen) atoms. The average Bonchev–Trinajstić information content (AvgIpc) is 3.43. The Balaban J connectivity index is 1.43. The van der Waals surface area contributed by atoms with E-state index in [1.807, 2.05) is 0 Å². The van der Waals surface area contributed by atoms with Gasteiger partial charge in [0.05, 0.1) is 36.1 Å². The van der Waals surface area contributed by atoms with Gasteiger partial charge in [-0.3, -0.25) is 13.7 Å². The van der Waals surface area contributed by atoms with E-state index < -0.39 is 39.8 Å². The van der Waals surface area contributed by atoms with Gasteiger partial charge in [-0.25, -0.2) is 15.1 Å². The highest BCUT2D eigenvalue weighted by atomic mass is 32.2. The molecular formula is C23H24F3N5O5S. The normalized spacial score (nSPS) is 20.3. The smallest absolute Gasteiger partial charge is 0.393 e. The van der Waals surface area contributed by atoms with Crippen LogP contribution in [0.4, 0.5) is 13.2 Å². The van der Waals surface area contributed by atoms with Gasteiger partial charge in [0.25, 0.3) is 0 Å². The van der Waals surface area contributed by atoms with Gasteiger partial charge in [-0.1, -0.05) is 12.1 Å². The Hall–Kier alpha value is -3.20. The maximum atomic E-state index is 13.2. The van der Waals surface area contributed by atoms with Crippen LogP contribution in [0.3, 0.4) is 0 Å². The van der Waals surface area contributed by atoms with E-state index in [1.54, 1.807) is 6.20 Å². The molecule has 1 fully saturated rings. The lowest BCUT2D eigenvalue weighted by molar-refractivity contribution is -0.137. The molecule has 10 nitrogen and oxygen atoms in total. The largest absolute Gasteiger partial charge is 0.416 e. The number of alkyl halides is 3. The van der Waals surface area contributed by atoms with Gasteiger partial charge in [-0.2, -0.15) is 26.7 Å². The summed E-state index contributed by atoms with van der Waals surface area (Å²) in [5.74, 6) is -0.928. The molecular weight excluding hydrogens is 515 g/mol. The van der Waals surface area contributed by atoms with Crippen LogP contribution >= 0.6 is 0 Å². The van der Waals surface area contributed by atoms with Crippen LogP contribution in [-0.4, -0.2) is 51.8 Å². The van der Waals surface area contributed by atoms with Crippen molar-refractivity contribution in [1.82, 2.24) is 19.7 Å². The van der Waals surface area contributed by atoms with Crippen molar-refractivity contribution in [2.45, 2.75) is 38.1 Å². The number of aromatic nitrogens is 4. The van der Waals surface area contributed by atoms with Gasteiger partial charge in [0.2, 0.25) is 5.78 Å². The number of halogens is 3. The molecule has 0 radical (unpaired) electrons. The monoisotopic (exact) mass is 539 g/mol. The van der Waals surface area contributed by atoms with Gasteiger partial charge in [-0.15, -0.1) is 0 Å². The number of aliphatic hydroxyl groups is 1. The molecule has 0 spiro atoms. The summed E-state index contributed by atoms with van der Waals surface area (Å²) in [6.07, 6.45) is 0.212. The summed E-state index contributed by atoms with van der Waals surface area (Å²) in [5, 5.41) is 19.4. The zero-order chi connectivity index (χ0) is 26.8. The Morgan fingerprint density at radius 1 is 1.19 bits per heavy atom. The predicted octanol–water partition coefficient (Wildman–Crippen LogP) is 2.12. The molecule has 0 aliphatic heterocycles. The molecule has 1 aromatic carbocycles. The first-order valence-electron chi connectivity index (χ1n) is 11.3. The van der Waals surface area contributed by atoms with Crippen LogP contribution in [-0.2, 0) is 33.6 Å².